The molecule has 1 fully saturated rings. The number of nitrogens with zero attached hydrogens (tertiary/aromatic N) is 2. The first-order valence-corrected chi connectivity index (χ1v) is 14.5. The first-order valence-electron chi connectivity index (χ1n) is 11.6. The van der Waals surface area contributed by atoms with E-state index >= 15 is 0 Å². The molecular weight excluding hydrogens is 545 g/mol. The Labute approximate surface area is 217 Å². The Hall–Kier alpha value is -3.21. The van der Waals surface area contributed by atoms with E-state index in [1.165, 1.54) is 0 Å². The smallest absolute Gasteiger partial charge is 0.375 e. The van der Waals surface area contributed by atoms with Crippen LogP contribution in [-0.4, -0.2) is 45.5 Å². The number of alkyl halides is 3. The number of fused-ring (bicyclic) bond motifs is 3. The van der Waals surface area contributed by atoms with Crippen molar-refractivity contribution in [3.8, 4) is 11.8 Å². The molecule has 1 aliphatic heterocycles. The molecule has 3 aliphatic rings. The molecule has 8 nitrogen and oxygen atoms in total. The molecule has 0 atom stereocenters. The molecule has 0 saturated carbocycles. The molecule has 38 heavy (non-hydrogen) atoms. The standard InChI is InChI=1S/C25H21F3N2O6S2/c1-24(2)18-12-20(36-38(34,35)25(26,27)28)21(37(32,33)30-7-3-4-8-30)11-17(18)23(31)22-16-6-5-14(13-29)9-15(16)10-19(22)24/h5-6,9,11-12H,3-4,7-8,10H2,1-2H3. The molecule has 2 aromatic carbocycles. The van der Waals surface area contributed by atoms with Gasteiger partial charge >= 0.3 is 15.6 Å². The van der Waals surface area contributed by atoms with Crippen LogP contribution in [0.25, 0.3) is 5.57 Å². The van der Waals surface area contributed by atoms with Crippen molar-refractivity contribution in [3.63, 3.8) is 0 Å². The summed E-state index contributed by atoms with van der Waals surface area (Å²) < 4.78 is 96.0. The maximum Gasteiger partial charge on any atom is 0.534 e. The number of halogens is 3. The van der Waals surface area contributed by atoms with E-state index in [0.717, 1.165) is 16.4 Å². The van der Waals surface area contributed by atoms with Gasteiger partial charge in [0.1, 0.15) is 4.90 Å². The quantitative estimate of drug-likeness (QED) is 0.404. The van der Waals surface area contributed by atoms with Gasteiger partial charge in [0.25, 0.3) is 0 Å². The molecule has 0 radical (unpaired) electrons. The SMILES string of the molecule is CC1(C)C2=C(C(=O)c3cc(S(=O)(=O)N4CCCC4)c(OS(=O)(=O)C(F)(F)F)cc31)c1ccc(C#N)cc1C2. The zero-order valence-electron chi connectivity index (χ0n) is 20.2. The lowest BCUT2D eigenvalue weighted by Gasteiger charge is -2.35. The molecule has 2 aliphatic carbocycles. The van der Waals surface area contributed by atoms with Crippen LogP contribution < -0.4 is 4.18 Å². The number of rotatable bonds is 4. The molecule has 200 valence electrons. The minimum Gasteiger partial charge on any atom is -0.375 e. The topological polar surface area (TPSA) is 122 Å². The second-order valence-electron chi connectivity index (χ2n) is 9.91. The van der Waals surface area contributed by atoms with Crippen molar-refractivity contribution in [2.24, 2.45) is 0 Å². The largest absolute Gasteiger partial charge is 0.534 e. The summed E-state index contributed by atoms with van der Waals surface area (Å²) in [5.74, 6) is -1.55. The van der Waals surface area contributed by atoms with Crippen LogP contribution in [-0.2, 0) is 32.0 Å². The summed E-state index contributed by atoms with van der Waals surface area (Å²) in [6.07, 6.45) is 1.32. The number of carbonyl (C=O) groups is 1. The summed E-state index contributed by atoms with van der Waals surface area (Å²) in [6.45, 7) is 3.60. The predicted octanol–water partition coefficient (Wildman–Crippen LogP) is 4.05. The van der Waals surface area contributed by atoms with Gasteiger partial charge in [-0.15, -0.1) is 0 Å². The monoisotopic (exact) mass is 566 g/mol. The molecule has 0 spiro atoms. The van der Waals surface area contributed by atoms with Gasteiger partial charge in [0, 0.05) is 29.6 Å². The van der Waals surface area contributed by atoms with E-state index in [2.05, 4.69) is 4.18 Å². The lowest BCUT2D eigenvalue weighted by Crippen LogP contribution is -2.33. The minimum absolute atomic E-state index is 0.0690. The molecule has 1 saturated heterocycles. The fourth-order valence-electron chi connectivity index (χ4n) is 5.35. The summed E-state index contributed by atoms with van der Waals surface area (Å²) in [4.78, 5) is 13.0. The van der Waals surface area contributed by atoms with E-state index in [4.69, 9.17) is 0 Å². The van der Waals surface area contributed by atoms with Gasteiger partial charge in [-0.1, -0.05) is 19.9 Å². The Bertz CT molecular complexity index is 1700. The second-order valence-corrected chi connectivity index (χ2v) is 13.4. The molecule has 2 aromatic rings. The van der Waals surface area contributed by atoms with Crippen LogP contribution in [0.3, 0.4) is 0 Å². The van der Waals surface area contributed by atoms with Gasteiger partial charge in [0.05, 0.1) is 11.6 Å². The number of carbonyl (C=O) groups excluding carboxylic acids is 1. The number of hydrogen-bond donors (Lipinski definition) is 0. The van der Waals surface area contributed by atoms with Crippen molar-refractivity contribution in [2.75, 3.05) is 13.1 Å². The fraction of sp³-hybridized carbons (Fsp3) is 0.360. The lowest BCUT2D eigenvalue weighted by atomic mass is 9.68. The van der Waals surface area contributed by atoms with Crippen LogP contribution in [0.2, 0.25) is 0 Å². The molecule has 0 unspecified atom stereocenters. The number of sulfonamides is 1. The molecule has 5 rings (SSSR count). The van der Waals surface area contributed by atoms with Gasteiger partial charge in [-0.05, 0) is 65.8 Å². The predicted molar refractivity (Wildman–Crippen MR) is 129 cm³/mol. The van der Waals surface area contributed by atoms with Crippen LogP contribution in [0.1, 0.15) is 59.3 Å². The van der Waals surface area contributed by atoms with Gasteiger partial charge in [-0.25, -0.2) is 8.42 Å². The Morgan fingerprint density at radius 1 is 1.03 bits per heavy atom. The van der Waals surface area contributed by atoms with Gasteiger partial charge in [-0.2, -0.15) is 31.2 Å². The van der Waals surface area contributed by atoms with Crippen LogP contribution in [0.4, 0.5) is 13.2 Å². The zero-order chi connectivity index (χ0) is 27.8. The molecule has 0 aromatic heterocycles. The Morgan fingerprint density at radius 3 is 2.29 bits per heavy atom. The van der Waals surface area contributed by atoms with Crippen molar-refractivity contribution in [1.29, 1.82) is 5.26 Å². The second kappa shape index (κ2) is 8.39. The molecule has 0 bridgehead atoms. The summed E-state index contributed by atoms with van der Waals surface area (Å²) in [7, 11) is -10.7. The third-order valence-corrected chi connectivity index (χ3v) is 10.2. The molecular formula is C25H21F3N2O6S2. The number of benzene rings is 2. The number of hydrogen-bond acceptors (Lipinski definition) is 7. The fourth-order valence-corrected chi connectivity index (χ4v) is 7.51. The van der Waals surface area contributed by atoms with Gasteiger partial charge in [-0.3, -0.25) is 4.79 Å². The van der Waals surface area contributed by atoms with Crippen LogP contribution >= 0.6 is 0 Å². The number of allylic oxidation sites excluding steroid dienone is 2. The van der Waals surface area contributed by atoms with Crippen molar-refractivity contribution < 1.29 is 39.0 Å². The minimum atomic E-state index is -6.21. The summed E-state index contributed by atoms with van der Waals surface area (Å²) in [5.41, 5.74) is -4.09. The highest BCUT2D eigenvalue weighted by Gasteiger charge is 2.50. The van der Waals surface area contributed by atoms with E-state index in [1.807, 2.05) is 6.07 Å². The Balaban J connectivity index is 1.74. The Morgan fingerprint density at radius 2 is 1.68 bits per heavy atom. The summed E-state index contributed by atoms with van der Waals surface area (Å²) >= 11 is 0. The van der Waals surface area contributed by atoms with Crippen molar-refractivity contribution in [2.45, 2.75) is 48.9 Å². The van der Waals surface area contributed by atoms with E-state index < -0.39 is 47.5 Å². The highest BCUT2D eigenvalue weighted by Crippen LogP contribution is 2.51. The average molecular weight is 567 g/mol. The molecule has 0 amide bonds. The Kier molecular flexibility index (Phi) is 5.83. The number of ketones is 1. The molecule has 1 heterocycles. The summed E-state index contributed by atoms with van der Waals surface area (Å²) in [5, 5.41) is 9.27. The molecule has 0 N–H and O–H groups in total. The van der Waals surface area contributed by atoms with Crippen molar-refractivity contribution in [3.05, 3.63) is 63.7 Å². The third-order valence-electron chi connectivity index (χ3n) is 7.32. The highest BCUT2D eigenvalue weighted by molar-refractivity contribution is 7.89. The first-order chi connectivity index (χ1) is 17.6. The van der Waals surface area contributed by atoms with Gasteiger partial charge in [0.15, 0.2) is 11.5 Å². The average Bonchev–Trinajstić information content (AvgIpc) is 3.50. The number of Topliss-reactive ketones (excluding diaryl/α,β-unsaturated/α-hetero) is 1. The number of nitriles is 1. The van der Waals surface area contributed by atoms with E-state index in [-0.39, 0.29) is 30.6 Å². The van der Waals surface area contributed by atoms with Gasteiger partial charge < -0.3 is 4.18 Å². The van der Waals surface area contributed by atoms with E-state index in [0.29, 0.717) is 40.7 Å². The van der Waals surface area contributed by atoms with Crippen LogP contribution in [0.15, 0.2) is 40.8 Å². The summed E-state index contributed by atoms with van der Waals surface area (Å²) in [6, 6.07) is 8.75. The van der Waals surface area contributed by atoms with Gasteiger partial charge in [0.2, 0.25) is 10.0 Å². The molecule has 13 heteroatoms. The maximum atomic E-state index is 13.8. The normalized spacial score (nSPS) is 19.1. The highest BCUT2D eigenvalue weighted by atomic mass is 32.2. The van der Waals surface area contributed by atoms with Crippen LogP contribution in [0.5, 0.6) is 5.75 Å². The lowest BCUT2D eigenvalue weighted by molar-refractivity contribution is -0.0501. The zero-order valence-corrected chi connectivity index (χ0v) is 21.8. The first kappa shape index (κ1) is 26.4. The maximum absolute atomic E-state index is 13.8. The van der Waals surface area contributed by atoms with Crippen molar-refractivity contribution in [1.82, 2.24) is 4.31 Å². The third kappa shape index (κ3) is 3.85. The van der Waals surface area contributed by atoms with Crippen molar-refractivity contribution >= 4 is 31.5 Å². The van der Waals surface area contributed by atoms with E-state index in [9.17, 15) is 40.1 Å². The van der Waals surface area contributed by atoms with Crippen LogP contribution in [0, 0.1) is 11.3 Å². The van der Waals surface area contributed by atoms with E-state index in [1.54, 1.807) is 32.0 Å².